The second-order valence-corrected chi connectivity index (χ2v) is 9.09. The number of nitrogens with zero attached hydrogens (tertiary/aromatic N) is 5. The Kier molecular flexibility index (Phi) is 7.55. The highest BCUT2D eigenvalue weighted by Crippen LogP contribution is 2.32. The number of rotatable bonds is 7. The molecule has 7 nitrogen and oxygen atoms in total. The Hall–Kier alpha value is -1.73. The minimum absolute atomic E-state index is 0.105. The average molecular weight is 416 g/mol. The summed E-state index contributed by atoms with van der Waals surface area (Å²) in [7, 11) is 1.73. The van der Waals surface area contributed by atoms with Crippen LogP contribution in [0, 0.1) is 11.8 Å². The number of anilines is 1. The van der Waals surface area contributed by atoms with Crippen molar-refractivity contribution in [1.82, 2.24) is 19.8 Å². The van der Waals surface area contributed by atoms with Gasteiger partial charge in [0.05, 0.1) is 6.61 Å². The maximum absolute atomic E-state index is 13.5. The van der Waals surface area contributed by atoms with Crippen LogP contribution in [0.1, 0.15) is 44.9 Å². The fourth-order valence-corrected chi connectivity index (χ4v) is 5.61. The van der Waals surface area contributed by atoms with Gasteiger partial charge in [-0.3, -0.25) is 4.79 Å². The molecule has 0 unspecified atom stereocenters. The zero-order valence-corrected chi connectivity index (χ0v) is 18.4. The topological polar surface area (TPSA) is 61.8 Å². The summed E-state index contributed by atoms with van der Waals surface area (Å²) in [6.07, 6.45) is 11.8. The van der Waals surface area contributed by atoms with E-state index in [-0.39, 0.29) is 5.92 Å². The Bertz CT molecular complexity index is 663. The molecular weight excluding hydrogens is 378 g/mol. The Balaban J connectivity index is 1.36. The van der Waals surface area contributed by atoms with Crippen molar-refractivity contribution < 1.29 is 9.53 Å². The lowest BCUT2D eigenvalue weighted by Gasteiger charge is -2.46. The molecule has 0 spiro atoms. The molecule has 30 heavy (non-hydrogen) atoms. The van der Waals surface area contributed by atoms with Gasteiger partial charge in [-0.25, -0.2) is 9.97 Å². The lowest BCUT2D eigenvalue weighted by Crippen LogP contribution is -2.53. The van der Waals surface area contributed by atoms with Gasteiger partial charge in [-0.2, -0.15) is 0 Å². The molecule has 4 rings (SSSR count). The molecule has 4 heterocycles. The zero-order chi connectivity index (χ0) is 20.8. The van der Waals surface area contributed by atoms with E-state index in [2.05, 4.69) is 24.7 Å². The van der Waals surface area contributed by atoms with Gasteiger partial charge in [-0.05, 0) is 63.6 Å². The summed E-state index contributed by atoms with van der Waals surface area (Å²) >= 11 is 0. The van der Waals surface area contributed by atoms with Crippen LogP contribution >= 0.6 is 0 Å². The van der Waals surface area contributed by atoms with Gasteiger partial charge >= 0.3 is 0 Å². The third kappa shape index (κ3) is 5.11. The molecule has 0 radical (unpaired) electrons. The highest BCUT2D eigenvalue weighted by molar-refractivity contribution is 5.79. The van der Waals surface area contributed by atoms with Crippen molar-refractivity contribution in [2.45, 2.75) is 51.0 Å². The van der Waals surface area contributed by atoms with Crippen LogP contribution in [-0.4, -0.2) is 84.7 Å². The predicted octanol–water partition coefficient (Wildman–Crippen LogP) is 2.43. The molecular formula is C23H37N5O2. The van der Waals surface area contributed by atoms with Crippen LogP contribution in [0.15, 0.2) is 18.5 Å². The third-order valence-corrected chi connectivity index (χ3v) is 7.24. The standard InChI is InChI=1S/C23H37N5O2/c1-30-17-16-28(18-20-6-4-13-26-12-3-2-7-21(20)26)22(29)19-8-14-27(15-9-19)23-24-10-5-11-25-23/h5,10-11,19-21H,2-4,6-9,12-18H2,1H3/t20-,21-/m1/s1. The number of carbonyl (C=O) groups is 1. The summed E-state index contributed by atoms with van der Waals surface area (Å²) in [5, 5.41) is 0. The quantitative estimate of drug-likeness (QED) is 0.682. The number of aromatic nitrogens is 2. The van der Waals surface area contributed by atoms with E-state index in [0.717, 1.165) is 38.4 Å². The Morgan fingerprint density at radius 1 is 1.07 bits per heavy atom. The highest BCUT2D eigenvalue weighted by Gasteiger charge is 2.36. The van der Waals surface area contributed by atoms with Crippen LogP contribution < -0.4 is 4.90 Å². The van der Waals surface area contributed by atoms with Gasteiger partial charge in [-0.1, -0.05) is 6.42 Å². The SMILES string of the molecule is COCCN(C[C@H]1CCCN2CCCC[C@H]12)C(=O)C1CCN(c2ncccn2)CC1. The monoisotopic (exact) mass is 415 g/mol. The average Bonchev–Trinajstić information content (AvgIpc) is 2.82. The molecule has 1 amide bonds. The van der Waals surface area contributed by atoms with E-state index in [0.29, 0.717) is 31.0 Å². The van der Waals surface area contributed by atoms with E-state index >= 15 is 0 Å². The van der Waals surface area contributed by atoms with Crippen LogP contribution in [0.5, 0.6) is 0 Å². The van der Waals surface area contributed by atoms with Crippen LogP contribution in [0.25, 0.3) is 0 Å². The summed E-state index contributed by atoms with van der Waals surface area (Å²) in [5.41, 5.74) is 0. The first-order valence-electron chi connectivity index (χ1n) is 11.8. The van der Waals surface area contributed by atoms with Gasteiger partial charge < -0.3 is 19.4 Å². The minimum Gasteiger partial charge on any atom is -0.383 e. The summed E-state index contributed by atoms with van der Waals surface area (Å²) < 4.78 is 5.35. The molecule has 2 atom stereocenters. The summed E-state index contributed by atoms with van der Waals surface area (Å²) in [4.78, 5) is 29.2. The Morgan fingerprint density at radius 3 is 2.60 bits per heavy atom. The van der Waals surface area contributed by atoms with Crippen molar-refractivity contribution in [3.05, 3.63) is 18.5 Å². The maximum Gasteiger partial charge on any atom is 0.225 e. The first kappa shape index (κ1) is 21.5. The number of hydrogen-bond donors (Lipinski definition) is 0. The molecule has 0 aliphatic carbocycles. The minimum atomic E-state index is 0.105. The van der Waals surface area contributed by atoms with Gasteiger partial charge in [0.1, 0.15) is 0 Å². The molecule has 3 saturated heterocycles. The van der Waals surface area contributed by atoms with E-state index in [1.807, 2.05) is 6.07 Å². The van der Waals surface area contributed by atoms with Crippen molar-refractivity contribution in [2.75, 3.05) is 57.9 Å². The van der Waals surface area contributed by atoms with Gasteiger partial charge in [0.25, 0.3) is 0 Å². The summed E-state index contributed by atoms with van der Waals surface area (Å²) in [6.45, 7) is 6.40. The number of fused-ring (bicyclic) bond motifs is 1. The second-order valence-electron chi connectivity index (χ2n) is 9.09. The van der Waals surface area contributed by atoms with E-state index in [4.69, 9.17) is 4.74 Å². The summed E-state index contributed by atoms with van der Waals surface area (Å²) in [6, 6.07) is 2.51. The molecule has 3 aliphatic heterocycles. The van der Waals surface area contributed by atoms with Crippen LogP contribution in [-0.2, 0) is 9.53 Å². The zero-order valence-electron chi connectivity index (χ0n) is 18.4. The molecule has 7 heteroatoms. The fourth-order valence-electron chi connectivity index (χ4n) is 5.61. The molecule has 0 aromatic carbocycles. The normalized spacial score (nSPS) is 25.7. The first-order valence-corrected chi connectivity index (χ1v) is 11.8. The van der Waals surface area contributed by atoms with E-state index in [9.17, 15) is 4.79 Å². The largest absolute Gasteiger partial charge is 0.383 e. The number of amides is 1. The van der Waals surface area contributed by atoms with Crippen molar-refractivity contribution in [3.63, 3.8) is 0 Å². The molecule has 3 aliphatic rings. The van der Waals surface area contributed by atoms with Crippen molar-refractivity contribution >= 4 is 11.9 Å². The van der Waals surface area contributed by atoms with Gasteiger partial charge in [-0.15, -0.1) is 0 Å². The molecule has 1 aromatic rings. The number of carbonyl (C=O) groups excluding carboxylic acids is 1. The Labute approximate surface area is 180 Å². The van der Waals surface area contributed by atoms with Crippen molar-refractivity contribution in [3.8, 4) is 0 Å². The molecule has 0 saturated carbocycles. The number of piperidine rings is 3. The van der Waals surface area contributed by atoms with E-state index < -0.39 is 0 Å². The van der Waals surface area contributed by atoms with Crippen molar-refractivity contribution in [1.29, 1.82) is 0 Å². The Morgan fingerprint density at radius 2 is 1.83 bits per heavy atom. The lowest BCUT2D eigenvalue weighted by molar-refractivity contribution is -0.138. The second kappa shape index (κ2) is 10.5. The van der Waals surface area contributed by atoms with Crippen molar-refractivity contribution in [2.24, 2.45) is 11.8 Å². The molecule has 0 bridgehead atoms. The molecule has 166 valence electrons. The third-order valence-electron chi connectivity index (χ3n) is 7.24. The lowest BCUT2D eigenvalue weighted by atomic mass is 9.83. The van der Waals surface area contributed by atoms with Gasteiger partial charge in [0.15, 0.2) is 0 Å². The van der Waals surface area contributed by atoms with E-state index in [1.54, 1.807) is 19.5 Å². The molecule has 1 aromatic heterocycles. The fraction of sp³-hybridized carbons (Fsp3) is 0.783. The molecule has 0 N–H and O–H groups in total. The smallest absolute Gasteiger partial charge is 0.225 e. The highest BCUT2D eigenvalue weighted by atomic mass is 16.5. The predicted molar refractivity (Wildman–Crippen MR) is 117 cm³/mol. The summed E-state index contributed by atoms with van der Waals surface area (Å²) in [5.74, 6) is 1.82. The number of hydrogen-bond acceptors (Lipinski definition) is 6. The maximum atomic E-state index is 13.5. The van der Waals surface area contributed by atoms with Gasteiger partial charge in [0, 0.05) is 57.6 Å². The number of ether oxygens (including phenoxy) is 1. The van der Waals surface area contributed by atoms with Crippen LogP contribution in [0.3, 0.4) is 0 Å². The van der Waals surface area contributed by atoms with Crippen LogP contribution in [0.2, 0.25) is 0 Å². The molecule has 3 fully saturated rings. The number of methoxy groups -OCH3 is 1. The van der Waals surface area contributed by atoms with E-state index in [1.165, 1.54) is 45.2 Å². The van der Waals surface area contributed by atoms with Crippen LogP contribution in [0.4, 0.5) is 5.95 Å². The first-order chi connectivity index (χ1) is 14.8. The van der Waals surface area contributed by atoms with Gasteiger partial charge in [0.2, 0.25) is 11.9 Å².